The average molecular weight is 484 g/mol. The second kappa shape index (κ2) is 9.02. The van der Waals surface area contributed by atoms with Crippen LogP contribution in [0.2, 0.25) is 0 Å². The van der Waals surface area contributed by atoms with Crippen molar-refractivity contribution in [3.63, 3.8) is 0 Å². The van der Waals surface area contributed by atoms with Crippen molar-refractivity contribution in [3.05, 3.63) is 76.7 Å². The largest absolute Gasteiger partial charge is 0.513 e. The van der Waals surface area contributed by atoms with E-state index in [0.717, 1.165) is 12.1 Å². The van der Waals surface area contributed by atoms with Gasteiger partial charge < -0.3 is 15.2 Å². The molecule has 0 radical (unpaired) electrons. The molecular formula is C23H19F3N6O3. The fourth-order valence-electron chi connectivity index (χ4n) is 3.76. The maximum absolute atomic E-state index is 13.4. The SMILES string of the molecule is CCOC(=O)OC1=C(C)N(c2cccc(C(F)(F)F)c2)c2nc(N)nn2C1c1ccc(C#N)cc1. The van der Waals surface area contributed by atoms with Crippen molar-refractivity contribution in [2.45, 2.75) is 26.1 Å². The highest BCUT2D eigenvalue weighted by Crippen LogP contribution is 2.43. The van der Waals surface area contributed by atoms with Gasteiger partial charge in [0.25, 0.3) is 0 Å². The molecule has 2 heterocycles. The van der Waals surface area contributed by atoms with Crippen LogP contribution in [0.4, 0.5) is 35.5 Å². The van der Waals surface area contributed by atoms with E-state index in [1.807, 2.05) is 6.07 Å². The number of aromatic nitrogens is 3. The van der Waals surface area contributed by atoms with Gasteiger partial charge in [0.05, 0.1) is 29.5 Å². The fourth-order valence-corrected chi connectivity index (χ4v) is 3.76. The van der Waals surface area contributed by atoms with Gasteiger partial charge in [-0.15, -0.1) is 5.10 Å². The molecule has 12 heteroatoms. The summed E-state index contributed by atoms with van der Waals surface area (Å²) in [5.41, 5.74) is 6.36. The van der Waals surface area contributed by atoms with E-state index >= 15 is 0 Å². The van der Waals surface area contributed by atoms with Crippen LogP contribution in [0.1, 0.15) is 36.6 Å². The third-order valence-corrected chi connectivity index (χ3v) is 5.26. The van der Waals surface area contributed by atoms with Gasteiger partial charge in [-0.1, -0.05) is 18.2 Å². The molecule has 2 N–H and O–H groups in total. The van der Waals surface area contributed by atoms with E-state index in [0.29, 0.717) is 11.1 Å². The van der Waals surface area contributed by atoms with Crippen LogP contribution in [0.15, 0.2) is 60.0 Å². The van der Waals surface area contributed by atoms with Crippen molar-refractivity contribution < 1.29 is 27.4 Å². The number of carbonyl (C=O) groups excluding carboxylic acids is 1. The molecule has 0 amide bonds. The lowest BCUT2D eigenvalue weighted by Crippen LogP contribution is -2.33. The number of halogens is 3. The van der Waals surface area contributed by atoms with Gasteiger partial charge in [0.2, 0.25) is 11.9 Å². The Morgan fingerprint density at radius 1 is 1.23 bits per heavy atom. The molecule has 1 aliphatic heterocycles. The van der Waals surface area contributed by atoms with Crippen LogP contribution in [-0.2, 0) is 15.7 Å². The van der Waals surface area contributed by atoms with E-state index in [-0.39, 0.29) is 35.6 Å². The number of hydrogen-bond acceptors (Lipinski definition) is 8. The fraction of sp³-hybridized carbons (Fsp3) is 0.217. The third kappa shape index (κ3) is 4.48. The van der Waals surface area contributed by atoms with Crippen molar-refractivity contribution in [1.82, 2.24) is 14.8 Å². The number of nitrogens with two attached hydrogens (primary N) is 1. The lowest BCUT2D eigenvalue weighted by atomic mass is 10.0. The van der Waals surface area contributed by atoms with Crippen LogP contribution < -0.4 is 10.6 Å². The summed E-state index contributed by atoms with van der Waals surface area (Å²) in [5, 5.41) is 13.4. The highest BCUT2D eigenvalue weighted by molar-refractivity contribution is 5.69. The standard InChI is InChI=1S/C23H19F3N6O3/c1-3-34-22(33)35-19-13(2)31(17-6-4-5-16(11-17)23(24,25)26)21-29-20(28)30-32(21)18(19)15-9-7-14(12-27)8-10-15/h4-11,18H,3H2,1-2H3,(H2,28,30). The van der Waals surface area contributed by atoms with Crippen LogP contribution in [0.5, 0.6) is 0 Å². The van der Waals surface area contributed by atoms with Gasteiger partial charge in [0.15, 0.2) is 5.76 Å². The first kappa shape index (κ1) is 23.6. The number of ether oxygens (including phenoxy) is 2. The summed E-state index contributed by atoms with van der Waals surface area (Å²) < 4.78 is 52.1. The molecule has 0 saturated carbocycles. The zero-order valence-electron chi connectivity index (χ0n) is 18.6. The van der Waals surface area contributed by atoms with Crippen LogP contribution in [0.3, 0.4) is 0 Å². The van der Waals surface area contributed by atoms with Crippen molar-refractivity contribution in [3.8, 4) is 6.07 Å². The molecule has 3 aromatic rings. The number of benzene rings is 2. The number of nitrogen functional groups attached to an aromatic ring is 1. The van der Waals surface area contributed by atoms with Crippen LogP contribution >= 0.6 is 0 Å². The normalized spacial score (nSPS) is 15.4. The highest BCUT2D eigenvalue weighted by atomic mass is 19.4. The number of carbonyl (C=O) groups is 1. The van der Waals surface area contributed by atoms with Gasteiger partial charge in [-0.2, -0.15) is 23.4 Å². The lowest BCUT2D eigenvalue weighted by molar-refractivity contribution is -0.137. The molecule has 0 spiro atoms. The molecule has 1 atom stereocenters. The van der Waals surface area contributed by atoms with E-state index in [1.54, 1.807) is 38.1 Å². The molecule has 1 unspecified atom stereocenters. The maximum Gasteiger partial charge on any atom is 0.513 e. The minimum absolute atomic E-state index is 0.0444. The number of rotatable bonds is 4. The van der Waals surface area contributed by atoms with Gasteiger partial charge in [-0.25, -0.2) is 9.48 Å². The van der Waals surface area contributed by atoms with E-state index in [2.05, 4.69) is 10.1 Å². The van der Waals surface area contributed by atoms with Gasteiger partial charge >= 0.3 is 12.3 Å². The van der Waals surface area contributed by atoms with E-state index in [1.165, 1.54) is 21.7 Å². The summed E-state index contributed by atoms with van der Waals surface area (Å²) in [6.07, 6.45) is -5.58. The summed E-state index contributed by atoms with van der Waals surface area (Å²) in [6.45, 7) is 3.22. The predicted molar refractivity (Wildman–Crippen MR) is 118 cm³/mol. The van der Waals surface area contributed by atoms with Gasteiger partial charge in [0, 0.05) is 5.69 Å². The topological polar surface area (TPSA) is 119 Å². The molecule has 0 saturated heterocycles. The smallest absolute Gasteiger partial charge is 0.434 e. The number of nitriles is 1. The Morgan fingerprint density at radius 2 is 1.94 bits per heavy atom. The molecule has 0 fully saturated rings. The van der Waals surface area contributed by atoms with Crippen LogP contribution in [0, 0.1) is 11.3 Å². The third-order valence-electron chi connectivity index (χ3n) is 5.26. The number of nitrogens with zero attached hydrogens (tertiary/aromatic N) is 5. The minimum atomic E-state index is -4.58. The molecule has 4 rings (SSSR count). The maximum atomic E-state index is 13.4. The zero-order valence-corrected chi connectivity index (χ0v) is 18.6. The first-order chi connectivity index (χ1) is 16.6. The van der Waals surface area contributed by atoms with E-state index in [9.17, 15) is 18.0 Å². The molecule has 2 aromatic carbocycles. The Bertz CT molecular complexity index is 1340. The second-order valence-corrected chi connectivity index (χ2v) is 7.47. The molecular weight excluding hydrogens is 465 g/mol. The van der Waals surface area contributed by atoms with Gasteiger partial charge in [-0.3, -0.25) is 4.90 Å². The van der Waals surface area contributed by atoms with Crippen LogP contribution in [-0.4, -0.2) is 27.5 Å². The van der Waals surface area contributed by atoms with Gasteiger partial charge in [0.1, 0.15) is 6.04 Å². The Labute approximate surface area is 197 Å². The number of fused-ring (bicyclic) bond motifs is 1. The number of hydrogen-bond donors (Lipinski definition) is 1. The summed E-state index contributed by atoms with van der Waals surface area (Å²) in [4.78, 5) is 17.9. The highest BCUT2D eigenvalue weighted by Gasteiger charge is 2.39. The van der Waals surface area contributed by atoms with Crippen molar-refractivity contribution in [2.75, 3.05) is 17.2 Å². The van der Waals surface area contributed by atoms with Crippen molar-refractivity contribution in [2.24, 2.45) is 0 Å². The van der Waals surface area contributed by atoms with Crippen molar-refractivity contribution in [1.29, 1.82) is 5.26 Å². The summed E-state index contributed by atoms with van der Waals surface area (Å²) in [5.74, 6) is 0.0219. The first-order valence-corrected chi connectivity index (χ1v) is 10.4. The average Bonchev–Trinajstić information content (AvgIpc) is 3.20. The zero-order chi connectivity index (χ0) is 25.3. The summed E-state index contributed by atoms with van der Waals surface area (Å²) >= 11 is 0. The number of alkyl halides is 3. The Morgan fingerprint density at radius 3 is 2.57 bits per heavy atom. The minimum Gasteiger partial charge on any atom is -0.434 e. The molecule has 0 bridgehead atoms. The quantitative estimate of drug-likeness (QED) is 0.520. The molecule has 180 valence electrons. The van der Waals surface area contributed by atoms with E-state index < -0.39 is 23.9 Å². The van der Waals surface area contributed by atoms with Gasteiger partial charge in [-0.05, 0) is 49.7 Å². The molecule has 1 aromatic heterocycles. The Kier molecular flexibility index (Phi) is 6.09. The van der Waals surface area contributed by atoms with Crippen LogP contribution in [0.25, 0.3) is 0 Å². The Balaban J connectivity index is 1.93. The summed E-state index contributed by atoms with van der Waals surface area (Å²) in [7, 11) is 0. The number of anilines is 3. The number of allylic oxidation sites excluding steroid dienone is 2. The summed E-state index contributed by atoms with van der Waals surface area (Å²) in [6, 6.07) is 12.2. The van der Waals surface area contributed by atoms with Crippen molar-refractivity contribution >= 4 is 23.7 Å². The predicted octanol–water partition coefficient (Wildman–Crippen LogP) is 4.90. The second-order valence-electron chi connectivity index (χ2n) is 7.47. The molecule has 0 aliphatic carbocycles. The van der Waals surface area contributed by atoms with E-state index in [4.69, 9.17) is 20.5 Å². The molecule has 35 heavy (non-hydrogen) atoms. The molecule has 1 aliphatic rings. The lowest BCUT2D eigenvalue weighted by Gasteiger charge is -2.35. The Hall–Kier alpha value is -4.53. The monoisotopic (exact) mass is 484 g/mol. The first-order valence-electron chi connectivity index (χ1n) is 10.4. The molecule has 9 nitrogen and oxygen atoms in total.